The van der Waals surface area contributed by atoms with E-state index >= 15 is 0 Å². The minimum absolute atomic E-state index is 0.0929. The molecule has 0 saturated carbocycles. The second-order valence-electron chi connectivity index (χ2n) is 5.73. The summed E-state index contributed by atoms with van der Waals surface area (Å²) in [5.41, 5.74) is -3.45. The highest BCUT2D eigenvalue weighted by Gasteiger charge is 2.49. The zero-order valence-corrected chi connectivity index (χ0v) is 16.0. The molecular weight excluding hydrogens is 424 g/mol. The van der Waals surface area contributed by atoms with Crippen molar-refractivity contribution < 1.29 is 25.8 Å². The van der Waals surface area contributed by atoms with Gasteiger partial charge in [0.05, 0.1) is 5.02 Å². The Balaban J connectivity index is 2.32. The number of halogens is 5. The minimum atomic E-state index is -5.91. The van der Waals surface area contributed by atoms with Gasteiger partial charge in [-0.15, -0.1) is 0 Å². The van der Waals surface area contributed by atoms with E-state index in [2.05, 4.69) is 4.18 Å². The molecule has 0 bridgehead atoms. The van der Waals surface area contributed by atoms with E-state index in [0.29, 0.717) is 16.5 Å². The van der Waals surface area contributed by atoms with Gasteiger partial charge < -0.3 is 4.18 Å². The average molecular weight is 435 g/mol. The molecule has 0 aromatic heterocycles. The number of alkyl halides is 3. The Bertz CT molecular complexity index is 1130. The normalized spacial score (nSPS) is 12.4. The van der Waals surface area contributed by atoms with Crippen molar-refractivity contribution in [3.63, 3.8) is 0 Å². The monoisotopic (exact) mass is 434 g/mol. The molecule has 3 nitrogen and oxygen atoms in total. The Morgan fingerprint density at radius 2 is 1.44 bits per heavy atom. The predicted octanol–water partition coefficient (Wildman–Crippen LogP) is 6.35. The maximum absolute atomic E-state index is 12.7. The smallest absolute Gasteiger partial charge is 0.374 e. The molecule has 142 valence electrons. The summed E-state index contributed by atoms with van der Waals surface area (Å²) in [6.07, 6.45) is 0. The minimum Gasteiger partial charge on any atom is -0.374 e. The summed E-state index contributed by atoms with van der Waals surface area (Å²) >= 11 is 12.4. The van der Waals surface area contributed by atoms with Crippen LogP contribution >= 0.6 is 23.2 Å². The van der Waals surface area contributed by atoms with E-state index in [4.69, 9.17) is 23.2 Å². The molecule has 0 amide bonds. The Hall–Kier alpha value is -1.96. The summed E-state index contributed by atoms with van der Waals surface area (Å²) in [5.74, 6) is -0.662. The molecule has 0 atom stereocenters. The lowest BCUT2D eigenvalue weighted by atomic mass is 9.97. The van der Waals surface area contributed by atoms with Crippen molar-refractivity contribution in [1.82, 2.24) is 0 Å². The van der Waals surface area contributed by atoms with Crippen LogP contribution in [-0.4, -0.2) is 13.9 Å². The van der Waals surface area contributed by atoms with Gasteiger partial charge in [0, 0.05) is 10.9 Å². The van der Waals surface area contributed by atoms with Crippen molar-refractivity contribution in [2.24, 2.45) is 0 Å². The summed E-state index contributed by atoms with van der Waals surface area (Å²) < 4.78 is 65.5. The van der Waals surface area contributed by atoms with Gasteiger partial charge in [0.15, 0.2) is 5.75 Å². The van der Waals surface area contributed by atoms with Gasteiger partial charge in [0.1, 0.15) is 5.02 Å². The highest BCUT2D eigenvalue weighted by Crippen LogP contribution is 2.47. The summed E-state index contributed by atoms with van der Waals surface area (Å²) in [6.45, 7) is 1.90. The van der Waals surface area contributed by atoms with Crippen molar-refractivity contribution in [2.45, 2.75) is 12.4 Å². The second kappa shape index (κ2) is 6.89. The van der Waals surface area contributed by atoms with Crippen molar-refractivity contribution in [2.75, 3.05) is 0 Å². The highest BCUT2D eigenvalue weighted by atomic mass is 35.5. The van der Waals surface area contributed by atoms with Crippen molar-refractivity contribution >= 4 is 44.1 Å². The van der Waals surface area contributed by atoms with E-state index in [1.54, 1.807) is 24.3 Å². The number of hydrogen-bond donors (Lipinski definition) is 0. The molecule has 0 radical (unpaired) electrons. The van der Waals surface area contributed by atoms with Crippen molar-refractivity contribution in [3.8, 4) is 16.9 Å². The van der Waals surface area contributed by atoms with Gasteiger partial charge in [-0.05, 0) is 17.9 Å². The number of benzene rings is 3. The SMILES string of the molecule is Cc1ccc(-c2c(Cl)c(Cl)c(OS(=O)(=O)C(F)(F)F)c3ccccc23)cc1. The van der Waals surface area contributed by atoms with Crippen LogP contribution in [0.2, 0.25) is 10.0 Å². The van der Waals surface area contributed by atoms with E-state index in [9.17, 15) is 21.6 Å². The third kappa shape index (κ3) is 3.59. The van der Waals surface area contributed by atoms with Gasteiger partial charge in [-0.3, -0.25) is 0 Å². The van der Waals surface area contributed by atoms with E-state index in [1.165, 1.54) is 12.1 Å². The maximum atomic E-state index is 12.7. The lowest BCUT2D eigenvalue weighted by Gasteiger charge is -2.17. The molecule has 0 spiro atoms. The van der Waals surface area contributed by atoms with E-state index in [0.717, 1.165) is 5.56 Å². The molecule has 0 aliphatic heterocycles. The van der Waals surface area contributed by atoms with Crippen LogP contribution < -0.4 is 4.18 Å². The first-order valence-electron chi connectivity index (χ1n) is 7.50. The third-order valence-corrected chi connectivity index (χ3v) is 5.66. The second-order valence-corrected chi connectivity index (χ2v) is 8.02. The van der Waals surface area contributed by atoms with Crippen LogP contribution in [0.4, 0.5) is 13.2 Å². The average Bonchev–Trinajstić information content (AvgIpc) is 2.59. The number of hydrogen-bond acceptors (Lipinski definition) is 3. The van der Waals surface area contributed by atoms with Crippen LogP contribution in [0.25, 0.3) is 21.9 Å². The first kappa shape index (κ1) is 19.8. The fourth-order valence-electron chi connectivity index (χ4n) is 2.59. The van der Waals surface area contributed by atoms with E-state index < -0.39 is 26.4 Å². The van der Waals surface area contributed by atoms with Crippen LogP contribution in [-0.2, 0) is 10.1 Å². The molecule has 0 aliphatic rings. The first-order chi connectivity index (χ1) is 12.5. The van der Waals surface area contributed by atoms with Gasteiger partial charge in [-0.1, -0.05) is 77.3 Å². The Morgan fingerprint density at radius 3 is 2.00 bits per heavy atom. The van der Waals surface area contributed by atoms with Crippen molar-refractivity contribution in [3.05, 3.63) is 64.1 Å². The fraction of sp³-hybridized carbons (Fsp3) is 0.111. The molecular formula is C18H11Cl2F3O3S. The number of fused-ring (bicyclic) bond motifs is 1. The van der Waals surface area contributed by atoms with Gasteiger partial charge in [0.2, 0.25) is 0 Å². The molecule has 0 unspecified atom stereocenters. The molecule has 3 aromatic carbocycles. The number of rotatable bonds is 3. The highest BCUT2D eigenvalue weighted by molar-refractivity contribution is 7.88. The van der Waals surface area contributed by atoms with Crippen LogP contribution in [0.5, 0.6) is 5.75 Å². The summed E-state index contributed by atoms with van der Waals surface area (Å²) in [7, 11) is -5.91. The molecule has 0 fully saturated rings. The van der Waals surface area contributed by atoms with Crippen LogP contribution in [0.15, 0.2) is 48.5 Å². The summed E-state index contributed by atoms with van der Waals surface area (Å²) in [5, 5.41) is -0.0243. The van der Waals surface area contributed by atoms with Crippen molar-refractivity contribution in [1.29, 1.82) is 0 Å². The summed E-state index contributed by atoms with van der Waals surface area (Å²) in [6, 6.07) is 13.4. The molecule has 9 heteroatoms. The van der Waals surface area contributed by atoms with E-state index in [1.807, 2.05) is 19.1 Å². The van der Waals surface area contributed by atoms with Gasteiger partial charge in [-0.25, -0.2) is 0 Å². The van der Waals surface area contributed by atoms with E-state index in [-0.39, 0.29) is 10.4 Å². The molecule has 3 rings (SSSR count). The molecule has 0 heterocycles. The Morgan fingerprint density at radius 1 is 0.889 bits per heavy atom. The van der Waals surface area contributed by atoms with Crippen LogP contribution in [0, 0.1) is 6.92 Å². The molecule has 0 saturated heterocycles. The van der Waals surface area contributed by atoms with Gasteiger partial charge >= 0.3 is 15.6 Å². The fourth-order valence-corrected chi connectivity index (χ4v) is 3.65. The zero-order valence-electron chi connectivity index (χ0n) is 13.6. The largest absolute Gasteiger partial charge is 0.534 e. The molecule has 0 aliphatic carbocycles. The molecule has 3 aromatic rings. The standard InChI is InChI=1S/C18H11Cl2F3O3S/c1-10-6-8-11(9-7-10)14-12-4-2-3-5-13(12)17(16(20)15(14)19)26-27(24,25)18(21,22)23/h2-9H,1H3. The predicted molar refractivity (Wildman–Crippen MR) is 99.7 cm³/mol. The Kier molecular flexibility index (Phi) is 5.05. The lowest BCUT2D eigenvalue weighted by Crippen LogP contribution is -2.28. The van der Waals surface area contributed by atoms with Crippen LogP contribution in [0.3, 0.4) is 0 Å². The van der Waals surface area contributed by atoms with Gasteiger partial charge in [0.25, 0.3) is 0 Å². The third-order valence-electron chi connectivity index (χ3n) is 3.87. The maximum Gasteiger partial charge on any atom is 0.534 e. The summed E-state index contributed by atoms with van der Waals surface area (Å²) in [4.78, 5) is 0. The van der Waals surface area contributed by atoms with Gasteiger partial charge in [-0.2, -0.15) is 21.6 Å². The lowest BCUT2D eigenvalue weighted by molar-refractivity contribution is -0.0499. The topological polar surface area (TPSA) is 43.4 Å². The molecule has 27 heavy (non-hydrogen) atoms. The Labute approximate surface area is 163 Å². The first-order valence-corrected chi connectivity index (χ1v) is 9.67. The van der Waals surface area contributed by atoms with Crippen LogP contribution in [0.1, 0.15) is 5.56 Å². The molecule has 0 N–H and O–H groups in total. The quantitative estimate of drug-likeness (QED) is 0.356. The zero-order chi connectivity index (χ0) is 20.0. The number of aryl methyl sites for hydroxylation is 1.